The normalized spacial score (nSPS) is 14.0. The molecule has 1 N–H and O–H groups in total. The van der Waals surface area contributed by atoms with Crippen LogP contribution in [0, 0.1) is 0 Å². The van der Waals surface area contributed by atoms with Crippen molar-refractivity contribution in [2.75, 3.05) is 30.4 Å². The number of nitrogens with zero attached hydrogens (tertiary/aromatic N) is 3. The van der Waals surface area contributed by atoms with Crippen molar-refractivity contribution in [3.05, 3.63) is 42.2 Å². The Morgan fingerprint density at radius 1 is 1.23 bits per heavy atom. The molecule has 2 heterocycles. The molecule has 0 unspecified atom stereocenters. The Bertz CT molecular complexity index is 669. The zero-order valence-electron chi connectivity index (χ0n) is 12.5. The van der Waals surface area contributed by atoms with Crippen LogP contribution in [0.1, 0.15) is 23.2 Å². The standard InChI is InChI=1S/C16H18N4O2/c1-22-13-6-4-5-12(9-13)16(21)19-14-10-15(18-11-17-14)20-7-2-3-8-20/h4-6,9-11H,2-3,7-8H2,1H3,(H,17,18,19,21). The van der Waals surface area contributed by atoms with E-state index in [1.165, 1.54) is 19.2 Å². The van der Waals surface area contributed by atoms with Gasteiger partial charge in [-0.2, -0.15) is 0 Å². The van der Waals surface area contributed by atoms with Crippen LogP contribution < -0.4 is 15.0 Å². The minimum atomic E-state index is -0.218. The molecule has 1 aromatic carbocycles. The second-order valence-electron chi connectivity index (χ2n) is 5.14. The Balaban J connectivity index is 1.74. The number of aromatic nitrogens is 2. The van der Waals surface area contributed by atoms with Crippen molar-refractivity contribution in [3.63, 3.8) is 0 Å². The highest BCUT2D eigenvalue weighted by Gasteiger charge is 2.15. The van der Waals surface area contributed by atoms with Crippen LogP contribution in [0.4, 0.5) is 11.6 Å². The number of carbonyl (C=O) groups excluding carboxylic acids is 1. The lowest BCUT2D eigenvalue weighted by atomic mass is 10.2. The van der Waals surface area contributed by atoms with Crippen molar-refractivity contribution in [1.29, 1.82) is 0 Å². The number of anilines is 2. The van der Waals surface area contributed by atoms with Crippen molar-refractivity contribution in [2.45, 2.75) is 12.8 Å². The third kappa shape index (κ3) is 3.16. The van der Waals surface area contributed by atoms with Crippen molar-refractivity contribution in [3.8, 4) is 5.75 Å². The van der Waals surface area contributed by atoms with Crippen molar-refractivity contribution >= 4 is 17.5 Å². The highest BCUT2D eigenvalue weighted by atomic mass is 16.5. The van der Waals surface area contributed by atoms with Gasteiger partial charge in [0.05, 0.1) is 7.11 Å². The topological polar surface area (TPSA) is 67.3 Å². The smallest absolute Gasteiger partial charge is 0.256 e. The predicted molar refractivity (Wildman–Crippen MR) is 84.4 cm³/mol. The molecule has 0 saturated carbocycles. The molecule has 114 valence electrons. The molecule has 1 amide bonds. The van der Waals surface area contributed by atoms with Crippen molar-refractivity contribution < 1.29 is 9.53 Å². The fourth-order valence-electron chi connectivity index (χ4n) is 2.49. The molecular formula is C16H18N4O2. The summed E-state index contributed by atoms with van der Waals surface area (Å²) in [5, 5.41) is 2.80. The van der Waals surface area contributed by atoms with E-state index in [1.807, 2.05) is 6.07 Å². The summed E-state index contributed by atoms with van der Waals surface area (Å²) in [6.07, 6.45) is 3.83. The Morgan fingerprint density at radius 2 is 2.05 bits per heavy atom. The van der Waals surface area contributed by atoms with Gasteiger partial charge in [0.25, 0.3) is 5.91 Å². The van der Waals surface area contributed by atoms with Gasteiger partial charge in [0.2, 0.25) is 0 Å². The number of carbonyl (C=O) groups is 1. The summed E-state index contributed by atoms with van der Waals surface area (Å²) in [6, 6.07) is 8.82. The third-order valence-corrected chi connectivity index (χ3v) is 3.66. The summed E-state index contributed by atoms with van der Waals surface area (Å²) in [5.74, 6) is 1.79. The average Bonchev–Trinajstić information content (AvgIpc) is 3.10. The summed E-state index contributed by atoms with van der Waals surface area (Å²) in [7, 11) is 1.57. The molecule has 1 aliphatic rings. The molecule has 0 bridgehead atoms. The molecule has 1 aromatic heterocycles. The first-order valence-electron chi connectivity index (χ1n) is 7.28. The Labute approximate surface area is 129 Å². The van der Waals surface area contributed by atoms with Gasteiger partial charge in [-0.15, -0.1) is 0 Å². The first-order chi connectivity index (χ1) is 10.8. The SMILES string of the molecule is COc1cccc(C(=O)Nc2cc(N3CCCC3)ncn2)c1. The lowest BCUT2D eigenvalue weighted by Crippen LogP contribution is -2.20. The Hall–Kier alpha value is -2.63. The van der Waals surface area contributed by atoms with E-state index in [0.29, 0.717) is 17.1 Å². The van der Waals surface area contributed by atoms with Crippen LogP contribution in [0.2, 0.25) is 0 Å². The van der Waals surface area contributed by atoms with Crippen LogP contribution in [0.3, 0.4) is 0 Å². The summed E-state index contributed by atoms with van der Waals surface area (Å²) in [4.78, 5) is 22.9. The molecule has 0 spiro atoms. The van der Waals surface area contributed by atoms with Crippen molar-refractivity contribution in [2.24, 2.45) is 0 Å². The fourth-order valence-corrected chi connectivity index (χ4v) is 2.49. The van der Waals surface area contributed by atoms with E-state index in [1.54, 1.807) is 31.4 Å². The van der Waals surface area contributed by atoms with Gasteiger partial charge in [0.15, 0.2) is 0 Å². The highest BCUT2D eigenvalue weighted by Crippen LogP contribution is 2.20. The summed E-state index contributed by atoms with van der Waals surface area (Å²) >= 11 is 0. The molecule has 6 heteroatoms. The van der Waals surface area contributed by atoms with Crippen LogP contribution in [0.5, 0.6) is 5.75 Å². The second kappa shape index (κ2) is 6.43. The minimum absolute atomic E-state index is 0.218. The number of hydrogen-bond acceptors (Lipinski definition) is 5. The third-order valence-electron chi connectivity index (χ3n) is 3.66. The van der Waals surface area contributed by atoms with Gasteiger partial charge in [-0.25, -0.2) is 9.97 Å². The molecule has 22 heavy (non-hydrogen) atoms. The average molecular weight is 298 g/mol. The van der Waals surface area contributed by atoms with E-state index in [0.717, 1.165) is 18.9 Å². The molecule has 0 atom stereocenters. The zero-order chi connectivity index (χ0) is 15.4. The van der Waals surface area contributed by atoms with Crippen molar-refractivity contribution in [1.82, 2.24) is 9.97 Å². The molecule has 0 radical (unpaired) electrons. The maximum atomic E-state index is 12.3. The number of amides is 1. The molecule has 2 aromatic rings. The summed E-state index contributed by atoms with van der Waals surface area (Å²) in [6.45, 7) is 2.00. The number of rotatable bonds is 4. The molecule has 1 saturated heterocycles. The monoisotopic (exact) mass is 298 g/mol. The Kier molecular flexibility index (Phi) is 4.18. The van der Waals surface area contributed by atoms with Gasteiger partial charge in [-0.05, 0) is 31.0 Å². The van der Waals surface area contributed by atoms with E-state index in [4.69, 9.17) is 4.74 Å². The number of hydrogen-bond donors (Lipinski definition) is 1. The number of nitrogens with one attached hydrogen (secondary N) is 1. The van der Waals surface area contributed by atoms with Crippen LogP contribution in [-0.4, -0.2) is 36.1 Å². The number of methoxy groups -OCH3 is 1. The van der Waals surface area contributed by atoms with Crippen LogP contribution in [-0.2, 0) is 0 Å². The molecular weight excluding hydrogens is 280 g/mol. The lowest BCUT2D eigenvalue weighted by Gasteiger charge is -2.16. The van der Waals surface area contributed by atoms with E-state index in [-0.39, 0.29) is 5.91 Å². The first-order valence-corrected chi connectivity index (χ1v) is 7.28. The minimum Gasteiger partial charge on any atom is -0.497 e. The summed E-state index contributed by atoms with van der Waals surface area (Å²) < 4.78 is 5.13. The van der Waals surface area contributed by atoms with E-state index in [2.05, 4.69) is 20.2 Å². The van der Waals surface area contributed by atoms with Gasteiger partial charge >= 0.3 is 0 Å². The fraction of sp³-hybridized carbons (Fsp3) is 0.312. The maximum absolute atomic E-state index is 12.3. The number of benzene rings is 1. The molecule has 3 rings (SSSR count). The zero-order valence-corrected chi connectivity index (χ0v) is 12.5. The molecule has 0 aliphatic carbocycles. The largest absolute Gasteiger partial charge is 0.497 e. The van der Waals surface area contributed by atoms with E-state index >= 15 is 0 Å². The quantitative estimate of drug-likeness (QED) is 0.938. The lowest BCUT2D eigenvalue weighted by molar-refractivity contribution is 0.102. The molecule has 1 fully saturated rings. The van der Waals surface area contributed by atoms with Crippen LogP contribution >= 0.6 is 0 Å². The van der Waals surface area contributed by atoms with Gasteiger partial charge in [-0.3, -0.25) is 4.79 Å². The predicted octanol–water partition coefficient (Wildman–Crippen LogP) is 2.34. The number of ether oxygens (including phenoxy) is 1. The van der Waals surface area contributed by atoms with Gasteiger partial charge in [0, 0.05) is 24.7 Å². The highest BCUT2D eigenvalue weighted by molar-refractivity contribution is 6.04. The summed E-state index contributed by atoms with van der Waals surface area (Å²) in [5.41, 5.74) is 0.528. The maximum Gasteiger partial charge on any atom is 0.256 e. The second-order valence-corrected chi connectivity index (χ2v) is 5.14. The van der Waals surface area contributed by atoms with E-state index in [9.17, 15) is 4.79 Å². The Morgan fingerprint density at radius 3 is 2.82 bits per heavy atom. The van der Waals surface area contributed by atoms with E-state index < -0.39 is 0 Å². The van der Waals surface area contributed by atoms with Crippen LogP contribution in [0.15, 0.2) is 36.7 Å². The van der Waals surface area contributed by atoms with Gasteiger partial charge in [-0.1, -0.05) is 6.07 Å². The first kappa shape index (κ1) is 14.3. The van der Waals surface area contributed by atoms with Crippen LogP contribution in [0.25, 0.3) is 0 Å². The molecule has 6 nitrogen and oxygen atoms in total. The van der Waals surface area contributed by atoms with Gasteiger partial charge in [0.1, 0.15) is 23.7 Å². The molecule has 1 aliphatic heterocycles. The van der Waals surface area contributed by atoms with Gasteiger partial charge < -0.3 is 15.0 Å².